The average molecular weight is 313 g/mol. The number of aryl methyl sites for hydroxylation is 1. The van der Waals surface area contributed by atoms with Crippen molar-refractivity contribution in [2.75, 3.05) is 0 Å². The molecule has 4 nitrogen and oxygen atoms in total. The van der Waals surface area contributed by atoms with Crippen molar-refractivity contribution in [3.63, 3.8) is 0 Å². The van der Waals surface area contributed by atoms with Gasteiger partial charge in [-0.1, -0.05) is 19.1 Å². The maximum Gasteiger partial charge on any atom is 0.251 e. The first kappa shape index (κ1) is 15.8. The molecule has 2 aromatic rings. The Morgan fingerprint density at radius 2 is 2.13 bits per heavy atom. The predicted octanol–water partition coefficient (Wildman–Crippen LogP) is 3.53. The van der Waals surface area contributed by atoms with Crippen LogP contribution in [0, 0.1) is 12.8 Å². The summed E-state index contributed by atoms with van der Waals surface area (Å²) in [6.45, 7) is 3.97. The molecule has 23 heavy (non-hydrogen) atoms. The second-order valence-corrected chi connectivity index (χ2v) is 6.36. The molecule has 0 aliphatic heterocycles. The Morgan fingerprint density at radius 1 is 1.35 bits per heavy atom. The van der Waals surface area contributed by atoms with E-state index in [2.05, 4.69) is 12.2 Å². The standard InChI is InChI=1S/C19H23NO3/c1-3-17(15-10-16(21)11-15)20-19(22)14-6-4-5-13(9-14)18-8-7-12(2)23-18/h4-9,15-17,21H,3,10-11H2,1-2H3,(H,20,22)/t15?,16?,17-/m0/s1. The number of carbonyl (C=O) groups excluding carboxylic acids is 1. The van der Waals surface area contributed by atoms with Crippen LogP contribution in [0.1, 0.15) is 42.3 Å². The van der Waals surface area contributed by atoms with Gasteiger partial charge in [-0.2, -0.15) is 0 Å². The van der Waals surface area contributed by atoms with Gasteiger partial charge in [0.2, 0.25) is 0 Å². The summed E-state index contributed by atoms with van der Waals surface area (Å²) in [6.07, 6.45) is 2.24. The van der Waals surface area contributed by atoms with Crippen molar-refractivity contribution in [2.45, 2.75) is 45.3 Å². The van der Waals surface area contributed by atoms with Gasteiger partial charge < -0.3 is 14.8 Å². The Morgan fingerprint density at radius 3 is 2.74 bits per heavy atom. The summed E-state index contributed by atoms with van der Waals surface area (Å²) in [5.74, 6) is 1.94. The Kier molecular flexibility index (Phi) is 4.53. The maximum absolute atomic E-state index is 12.5. The normalized spacial score (nSPS) is 21.5. The molecule has 1 heterocycles. The molecule has 1 amide bonds. The van der Waals surface area contributed by atoms with E-state index in [1.165, 1.54) is 0 Å². The monoisotopic (exact) mass is 313 g/mol. The van der Waals surface area contributed by atoms with Crippen LogP contribution in [0.3, 0.4) is 0 Å². The van der Waals surface area contributed by atoms with Crippen LogP contribution < -0.4 is 5.32 Å². The van der Waals surface area contributed by atoms with E-state index in [1.54, 1.807) is 0 Å². The molecule has 122 valence electrons. The number of amides is 1. The smallest absolute Gasteiger partial charge is 0.251 e. The largest absolute Gasteiger partial charge is 0.461 e. The van der Waals surface area contributed by atoms with Crippen LogP contribution in [0.5, 0.6) is 0 Å². The Labute approximate surface area is 136 Å². The van der Waals surface area contributed by atoms with Gasteiger partial charge in [0, 0.05) is 17.2 Å². The molecule has 1 fully saturated rings. The van der Waals surface area contributed by atoms with Crippen molar-refractivity contribution in [1.82, 2.24) is 5.32 Å². The number of benzene rings is 1. The summed E-state index contributed by atoms with van der Waals surface area (Å²) in [6, 6.07) is 11.4. The highest BCUT2D eigenvalue weighted by molar-refractivity contribution is 5.95. The van der Waals surface area contributed by atoms with Crippen LogP contribution in [0.2, 0.25) is 0 Å². The number of hydrogen-bond donors (Lipinski definition) is 2. The van der Waals surface area contributed by atoms with Gasteiger partial charge in [-0.05, 0) is 56.4 Å². The molecule has 0 radical (unpaired) electrons. The second-order valence-electron chi connectivity index (χ2n) is 6.36. The molecule has 4 heteroatoms. The van der Waals surface area contributed by atoms with E-state index in [0.29, 0.717) is 11.5 Å². The highest BCUT2D eigenvalue weighted by Gasteiger charge is 2.33. The number of nitrogens with one attached hydrogen (secondary N) is 1. The summed E-state index contributed by atoms with van der Waals surface area (Å²) in [5.41, 5.74) is 1.53. The summed E-state index contributed by atoms with van der Waals surface area (Å²) >= 11 is 0. The van der Waals surface area contributed by atoms with E-state index in [0.717, 1.165) is 36.3 Å². The molecule has 1 aliphatic rings. The van der Waals surface area contributed by atoms with E-state index in [-0.39, 0.29) is 18.1 Å². The van der Waals surface area contributed by atoms with Crippen molar-refractivity contribution in [3.8, 4) is 11.3 Å². The van der Waals surface area contributed by atoms with Crippen LogP contribution >= 0.6 is 0 Å². The van der Waals surface area contributed by atoms with Gasteiger partial charge >= 0.3 is 0 Å². The third kappa shape index (κ3) is 3.48. The number of aliphatic hydroxyl groups is 1. The molecule has 0 spiro atoms. The topological polar surface area (TPSA) is 62.5 Å². The third-order valence-corrected chi connectivity index (χ3v) is 4.62. The van der Waals surface area contributed by atoms with Crippen molar-refractivity contribution in [3.05, 3.63) is 47.7 Å². The van der Waals surface area contributed by atoms with Crippen LogP contribution in [0.4, 0.5) is 0 Å². The van der Waals surface area contributed by atoms with Crippen LogP contribution in [0.15, 0.2) is 40.8 Å². The maximum atomic E-state index is 12.5. The second kappa shape index (κ2) is 6.59. The summed E-state index contributed by atoms with van der Waals surface area (Å²) in [5, 5.41) is 12.6. The first-order valence-electron chi connectivity index (χ1n) is 8.22. The van der Waals surface area contributed by atoms with Gasteiger partial charge in [0.15, 0.2) is 0 Å². The molecule has 2 N–H and O–H groups in total. The number of hydrogen-bond acceptors (Lipinski definition) is 3. The Hall–Kier alpha value is -2.07. The number of aliphatic hydroxyl groups excluding tert-OH is 1. The fraction of sp³-hybridized carbons (Fsp3) is 0.421. The minimum atomic E-state index is -0.198. The Bertz CT molecular complexity index is 685. The lowest BCUT2D eigenvalue weighted by Crippen LogP contribution is -2.46. The molecule has 1 saturated carbocycles. The molecule has 3 rings (SSSR count). The molecule has 0 bridgehead atoms. The predicted molar refractivity (Wildman–Crippen MR) is 89.2 cm³/mol. The first-order valence-corrected chi connectivity index (χ1v) is 8.22. The van der Waals surface area contributed by atoms with E-state index < -0.39 is 0 Å². The average Bonchev–Trinajstić information content (AvgIpc) is 2.96. The van der Waals surface area contributed by atoms with Crippen LogP contribution in [-0.4, -0.2) is 23.2 Å². The van der Waals surface area contributed by atoms with Gasteiger partial charge in [-0.3, -0.25) is 4.79 Å². The molecule has 1 aromatic carbocycles. The van der Waals surface area contributed by atoms with E-state index in [1.807, 2.05) is 43.3 Å². The minimum absolute atomic E-state index is 0.0663. The van der Waals surface area contributed by atoms with Crippen molar-refractivity contribution < 1.29 is 14.3 Å². The van der Waals surface area contributed by atoms with Gasteiger partial charge in [0.25, 0.3) is 5.91 Å². The third-order valence-electron chi connectivity index (χ3n) is 4.62. The fourth-order valence-electron chi connectivity index (χ4n) is 3.17. The zero-order chi connectivity index (χ0) is 16.4. The summed E-state index contributed by atoms with van der Waals surface area (Å²) in [7, 11) is 0. The summed E-state index contributed by atoms with van der Waals surface area (Å²) < 4.78 is 5.62. The van der Waals surface area contributed by atoms with Crippen molar-refractivity contribution in [2.24, 2.45) is 5.92 Å². The molecular weight excluding hydrogens is 290 g/mol. The number of carbonyl (C=O) groups is 1. The van der Waals surface area contributed by atoms with E-state index in [4.69, 9.17) is 4.42 Å². The quantitative estimate of drug-likeness (QED) is 0.887. The molecule has 0 saturated heterocycles. The Balaban J connectivity index is 1.72. The molecular formula is C19H23NO3. The number of furan rings is 1. The van der Waals surface area contributed by atoms with Gasteiger partial charge in [-0.25, -0.2) is 0 Å². The number of rotatable bonds is 5. The molecule has 0 unspecified atom stereocenters. The zero-order valence-electron chi connectivity index (χ0n) is 13.6. The first-order chi connectivity index (χ1) is 11.1. The van der Waals surface area contributed by atoms with Gasteiger partial charge in [-0.15, -0.1) is 0 Å². The molecule has 1 aliphatic carbocycles. The van der Waals surface area contributed by atoms with Gasteiger partial charge in [0.05, 0.1) is 6.10 Å². The lowest BCUT2D eigenvalue weighted by Gasteiger charge is -2.37. The highest BCUT2D eigenvalue weighted by Crippen LogP contribution is 2.31. The lowest BCUT2D eigenvalue weighted by molar-refractivity contribution is 0.0232. The fourth-order valence-corrected chi connectivity index (χ4v) is 3.17. The molecule has 1 atom stereocenters. The van der Waals surface area contributed by atoms with E-state index in [9.17, 15) is 9.90 Å². The minimum Gasteiger partial charge on any atom is -0.461 e. The lowest BCUT2D eigenvalue weighted by atomic mass is 9.76. The molecule has 1 aromatic heterocycles. The zero-order valence-corrected chi connectivity index (χ0v) is 13.6. The SMILES string of the molecule is CC[C@H](NC(=O)c1cccc(-c2ccc(C)o2)c1)C1CC(O)C1. The van der Waals surface area contributed by atoms with Crippen LogP contribution in [0.25, 0.3) is 11.3 Å². The summed E-state index contributed by atoms with van der Waals surface area (Å²) in [4.78, 5) is 12.5. The van der Waals surface area contributed by atoms with E-state index >= 15 is 0 Å². The van der Waals surface area contributed by atoms with Gasteiger partial charge in [0.1, 0.15) is 11.5 Å². The van der Waals surface area contributed by atoms with Crippen LogP contribution in [-0.2, 0) is 0 Å². The van der Waals surface area contributed by atoms with Crippen molar-refractivity contribution >= 4 is 5.91 Å². The highest BCUT2D eigenvalue weighted by atomic mass is 16.3. The van der Waals surface area contributed by atoms with Crippen molar-refractivity contribution in [1.29, 1.82) is 0 Å².